The van der Waals surface area contributed by atoms with Crippen LogP contribution in [0.15, 0.2) is 28.1 Å². The Morgan fingerprint density at radius 3 is 2.52 bits per heavy atom. The molecule has 1 aliphatic heterocycles. The summed E-state index contributed by atoms with van der Waals surface area (Å²) in [6.45, 7) is 10.1. The molecule has 0 aromatic heterocycles. The molecule has 0 saturated heterocycles. The van der Waals surface area contributed by atoms with Crippen LogP contribution in [0.2, 0.25) is 0 Å². The summed E-state index contributed by atoms with van der Waals surface area (Å²) in [5.41, 5.74) is 1.45. The van der Waals surface area contributed by atoms with Crippen LogP contribution < -0.4 is 10.0 Å². The summed E-state index contributed by atoms with van der Waals surface area (Å²) < 4.78 is 27.3. The predicted molar refractivity (Wildman–Crippen MR) is 86.3 cm³/mol. The molecule has 5 nitrogen and oxygen atoms in total. The summed E-state index contributed by atoms with van der Waals surface area (Å²) in [5.74, 6) is 0.292. The maximum Gasteiger partial charge on any atom is 0.266 e. The Morgan fingerprint density at radius 2 is 1.95 bits per heavy atom. The molecule has 0 bridgehead atoms. The van der Waals surface area contributed by atoms with Gasteiger partial charge in [0.15, 0.2) is 0 Å². The van der Waals surface area contributed by atoms with Gasteiger partial charge < -0.3 is 5.32 Å². The Hall–Kier alpha value is -1.56. The van der Waals surface area contributed by atoms with E-state index >= 15 is 0 Å². The molecule has 1 aromatic carbocycles. The number of hydrogen-bond acceptors (Lipinski definition) is 3. The molecule has 1 heterocycles. The average Bonchev–Trinajstić information content (AvgIpc) is 2.36. The van der Waals surface area contributed by atoms with E-state index in [-0.39, 0.29) is 16.4 Å². The molecule has 1 aromatic rings. The number of sulfonamides is 1. The number of benzene rings is 1. The van der Waals surface area contributed by atoms with Crippen LogP contribution in [0.3, 0.4) is 0 Å². The Morgan fingerprint density at radius 1 is 1.29 bits per heavy atom. The lowest BCUT2D eigenvalue weighted by Crippen LogP contribution is -2.41. The second-order valence-corrected chi connectivity index (χ2v) is 8.08. The van der Waals surface area contributed by atoms with Gasteiger partial charge in [0, 0.05) is 0 Å². The largest absolute Gasteiger partial charge is 0.324 e. The molecule has 116 valence electrons. The third-order valence-corrected chi connectivity index (χ3v) is 4.94. The first-order valence-corrected chi connectivity index (χ1v) is 8.64. The maximum absolute atomic E-state index is 12.4. The van der Waals surface area contributed by atoms with E-state index in [1.807, 2.05) is 19.9 Å². The summed E-state index contributed by atoms with van der Waals surface area (Å²) in [4.78, 5) is 4.61. The third kappa shape index (κ3) is 3.37. The van der Waals surface area contributed by atoms with Crippen molar-refractivity contribution in [1.29, 1.82) is 0 Å². The van der Waals surface area contributed by atoms with Crippen molar-refractivity contribution in [3.8, 4) is 0 Å². The van der Waals surface area contributed by atoms with Crippen LogP contribution in [0.25, 0.3) is 0 Å². The minimum Gasteiger partial charge on any atom is -0.324 e. The number of nitrogens with one attached hydrogen (secondary N) is 2. The first kappa shape index (κ1) is 15.8. The molecule has 0 fully saturated rings. The molecular weight excluding hydrogens is 286 g/mol. The van der Waals surface area contributed by atoms with Gasteiger partial charge in [-0.1, -0.05) is 33.8 Å². The lowest BCUT2D eigenvalue weighted by molar-refractivity contribution is 0.581. The van der Waals surface area contributed by atoms with Gasteiger partial charge in [-0.25, -0.2) is 18.1 Å². The highest BCUT2D eigenvalue weighted by atomic mass is 32.2. The minimum absolute atomic E-state index is 0.0607. The number of aliphatic imine (C=N–C) groups is 1. The second-order valence-electron chi connectivity index (χ2n) is 6.43. The monoisotopic (exact) mass is 309 g/mol. The van der Waals surface area contributed by atoms with Crippen LogP contribution in [0.1, 0.15) is 46.6 Å². The molecule has 1 unspecified atom stereocenters. The average molecular weight is 309 g/mol. The molecule has 0 aliphatic carbocycles. The Labute approximate surface area is 126 Å². The summed E-state index contributed by atoms with van der Waals surface area (Å²) in [6, 6.07) is 5.55. The maximum atomic E-state index is 12.4. The SMILES string of the molecule is CCC(C)N=C1Nc2ccc(C(C)(C)C)cc2S(=O)(=O)N1. The van der Waals surface area contributed by atoms with Gasteiger partial charge in [0.2, 0.25) is 5.96 Å². The zero-order valence-corrected chi connectivity index (χ0v) is 14.0. The first-order chi connectivity index (χ1) is 9.63. The second kappa shape index (κ2) is 5.33. The van der Waals surface area contributed by atoms with Gasteiger partial charge in [-0.3, -0.25) is 0 Å². The van der Waals surface area contributed by atoms with E-state index in [0.29, 0.717) is 11.6 Å². The van der Waals surface area contributed by atoms with E-state index in [4.69, 9.17) is 0 Å². The number of nitrogens with zero attached hydrogens (tertiary/aromatic N) is 1. The topological polar surface area (TPSA) is 70.6 Å². The summed E-state index contributed by atoms with van der Waals surface area (Å²) in [6.07, 6.45) is 0.850. The molecule has 1 aliphatic rings. The van der Waals surface area contributed by atoms with Crippen molar-refractivity contribution < 1.29 is 8.42 Å². The van der Waals surface area contributed by atoms with Gasteiger partial charge in [0.25, 0.3) is 10.0 Å². The highest BCUT2D eigenvalue weighted by molar-refractivity contribution is 7.90. The molecule has 0 saturated carbocycles. The molecule has 1 atom stereocenters. The van der Waals surface area contributed by atoms with Crippen LogP contribution in [0.5, 0.6) is 0 Å². The van der Waals surface area contributed by atoms with E-state index in [1.54, 1.807) is 12.1 Å². The fraction of sp³-hybridized carbons (Fsp3) is 0.533. The highest BCUT2D eigenvalue weighted by Gasteiger charge is 2.28. The van der Waals surface area contributed by atoms with Crippen LogP contribution in [-0.4, -0.2) is 20.4 Å². The molecule has 0 radical (unpaired) electrons. The van der Waals surface area contributed by atoms with Crippen molar-refractivity contribution in [3.63, 3.8) is 0 Å². The van der Waals surface area contributed by atoms with Gasteiger partial charge >= 0.3 is 0 Å². The Balaban J connectivity index is 2.48. The fourth-order valence-corrected chi connectivity index (χ4v) is 3.18. The van der Waals surface area contributed by atoms with Crippen LogP contribution in [-0.2, 0) is 15.4 Å². The van der Waals surface area contributed by atoms with Gasteiger partial charge in [-0.15, -0.1) is 0 Å². The van der Waals surface area contributed by atoms with Crippen molar-refractivity contribution in [2.45, 2.75) is 57.4 Å². The molecule has 6 heteroatoms. The fourth-order valence-electron chi connectivity index (χ4n) is 2.02. The molecule has 2 rings (SSSR count). The zero-order valence-electron chi connectivity index (χ0n) is 13.2. The minimum atomic E-state index is -3.57. The predicted octanol–water partition coefficient (Wildman–Crippen LogP) is 2.84. The van der Waals surface area contributed by atoms with Crippen LogP contribution in [0.4, 0.5) is 5.69 Å². The standard InChI is InChI=1S/C15H23N3O2S/c1-6-10(2)16-14-17-12-8-7-11(15(3,4)5)9-13(12)21(19,20)18-14/h7-10H,6H2,1-5H3,(H2,16,17,18). The molecule has 2 N–H and O–H groups in total. The molecular formula is C15H23N3O2S. The van der Waals surface area contributed by atoms with Crippen LogP contribution >= 0.6 is 0 Å². The van der Waals surface area contributed by atoms with Crippen molar-refractivity contribution in [1.82, 2.24) is 4.72 Å². The Bertz CT molecular complexity index is 673. The summed E-state index contributed by atoms with van der Waals surface area (Å²) in [7, 11) is -3.57. The van der Waals surface area contributed by atoms with Crippen molar-refractivity contribution in [2.24, 2.45) is 4.99 Å². The smallest absolute Gasteiger partial charge is 0.266 e. The van der Waals surface area contributed by atoms with Crippen molar-refractivity contribution in [2.75, 3.05) is 5.32 Å². The normalized spacial score (nSPS) is 20.3. The van der Waals surface area contributed by atoms with E-state index < -0.39 is 10.0 Å². The van der Waals surface area contributed by atoms with Gasteiger partial charge in [-0.2, -0.15) is 0 Å². The van der Waals surface area contributed by atoms with Crippen LogP contribution in [0, 0.1) is 0 Å². The van der Waals surface area contributed by atoms with E-state index in [9.17, 15) is 8.42 Å². The molecule has 0 amide bonds. The van der Waals surface area contributed by atoms with Crippen molar-refractivity contribution in [3.05, 3.63) is 23.8 Å². The van der Waals surface area contributed by atoms with E-state index in [0.717, 1.165) is 12.0 Å². The third-order valence-electron chi connectivity index (χ3n) is 3.56. The lowest BCUT2D eigenvalue weighted by atomic mass is 9.87. The van der Waals surface area contributed by atoms with Gasteiger partial charge in [0.1, 0.15) is 4.90 Å². The number of anilines is 1. The van der Waals surface area contributed by atoms with Gasteiger partial charge in [-0.05, 0) is 36.5 Å². The lowest BCUT2D eigenvalue weighted by Gasteiger charge is -2.25. The Kier molecular flexibility index (Phi) is 4.02. The zero-order chi connectivity index (χ0) is 15.8. The first-order valence-electron chi connectivity index (χ1n) is 7.15. The van der Waals surface area contributed by atoms with Crippen molar-refractivity contribution >= 4 is 21.7 Å². The number of hydrogen-bond donors (Lipinski definition) is 2. The summed E-state index contributed by atoms with van der Waals surface area (Å²) in [5, 5.41) is 3.06. The number of guanidine groups is 1. The molecule has 21 heavy (non-hydrogen) atoms. The van der Waals surface area contributed by atoms with E-state index in [2.05, 4.69) is 35.8 Å². The highest BCUT2D eigenvalue weighted by Crippen LogP contribution is 2.31. The number of rotatable bonds is 2. The van der Waals surface area contributed by atoms with Gasteiger partial charge in [0.05, 0.1) is 11.7 Å². The summed E-state index contributed by atoms with van der Waals surface area (Å²) >= 11 is 0. The van der Waals surface area contributed by atoms with E-state index in [1.165, 1.54) is 0 Å². The molecule has 0 spiro atoms. The number of fused-ring (bicyclic) bond motifs is 1. The quantitative estimate of drug-likeness (QED) is 0.882.